The molecule has 1 aliphatic carbocycles. The number of hydrogen-bond donors (Lipinski definition) is 1. The van der Waals surface area contributed by atoms with E-state index < -0.39 is 0 Å². The highest BCUT2D eigenvalue weighted by atomic mass is 35.5. The van der Waals surface area contributed by atoms with E-state index in [1.165, 1.54) is 5.56 Å². The van der Waals surface area contributed by atoms with Crippen LogP contribution >= 0.6 is 12.4 Å². The van der Waals surface area contributed by atoms with Crippen LogP contribution in [0.4, 0.5) is 0 Å². The topological polar surface area (TPSA) is 43.8 Å². The molecule has 3 nitrogen and oxygen atoms in total. The number of hydrogen-bond acceptors (Lipinski definition) is 2. The third-order valence-electron chi connectivity index (χ3n) is 2.47. The van der Waals surface area contributed by atoms with Crippen LogP contribution in [0.1, 0.15) is 31.7 Å². The molecule has 1 heterocycles. The average molecular weight is 216 g/mol. The molecule has 2 N–H and O–H groups in total. The number of aromatic nitrogens is 2. The van der Waals surface area contributed by atoms with Gasteiger partial charge in [0, 0.05) is 24.7 Å². The largest absolute Gasteiger partial charge is 0.327 e. The van der Waals surface area contributed by atoms with Gasteiger partial charge in [-0.3, -0.25) is 4.68 Å². The molecule has 0 bridgehead atoms. The fourth-order valence-corrected chi connectivity index (χ4v) is 1.64. The first kappa shape index (κ1) is 11.5. The maximum atomic E-state index is 5.77. The van der Waals surface area contributed by atoms with Crippen molar-refractivity contribution in [3.63, 3.8) is 0 Å². The van der Waals surface area contributed by atoms with Gasteiger partial charge in [-0.25, -0.2) is 0 Å². The highest BCUT2D eigenvalue weighted by molar-refractivity contribution is 5.85. The SMILES string of the molecule is CC(C)Cn1cc(C2CC2N)cn1.Cl. The molecule has 1 aromatic heterocycles. The summed E-state index contributed by atoms with van der Waals surface area (Å²) in [6.07, 6.45) is 5.23. The Kier molecular flexibility index (Phi) is 3.56. The lowest BCUT2D eigenvalue weighted by Gasteiger charge is -2.03. The van der Waals surface area contributed by atoms with Gasteiger partial charge in [0.05, 0.1) is 6.20 Å². The Hall–Kier alpha value is -0.540. The van der Waals surface area contributed by atoms with Crippen LogP contribution in [0.3, 0.4) is 0 Å². The minimum absolute atomic E-state index is 0. The third kappa shape index (κ3) is 2.49. The molecule has 2 rings (SSSR count). The number of halogens is 1. The van der Waals surface area contributed by atoms with Crippen molar-refractivity contribution in [1.82, 2.24) is 9.78 Å². The first-order valence-corrected chi connectivity index (χ1v) is 4.94. The minimum atomic E-state index is 0. The highest BCUT2D eigenvalue weighted by Gasteiger charge is 2.35. The fraction of sp³-hybridized carbons (Fsp3) is 0.700. The number of nitrogens with two attached hydrogens (primary N) is 1. The van der Waals surface area contributed by atoms with Gasteiger partial charge in [-0.2, -0.15) is 5.10 Å². The van der Waals surface area contributed by atoms with Gasteiger partial charge in [-0.05, 0) is 17.9 Å². The predicted molar refractivity (Wildman–Crippen MR) is 59.6 cm³/mol. The van der Waals surface area contributed by atoms with Crippen LogP contribution in [-0.2, 0) is 6.54 Å². The molecule has 0 aromatic carbocycles. The average Bonchev–Trinajstić information content (AvgIpc) is 2.60. The molecular weight excluding hydrogens is 198 g/mol. The van der Waals surface area contributed by atoms with Crippen molar-refractivity contribution in [3.05, 3.63) is 18.0 Å². The lowest BCUT2D eigenvalue weighted by molar-refractivity contribution is 0.483. The summed E-state index contributed by atoms with van der Waals surface area (Å²) in [5.41, 5.74) is 7.09. The first-order chi connectivity index (χ1) is 6.16. The molecule has 0 spiro atoms. The summed E-state index contributed by atoms with van der Waals surface area (Å²) >= 11 is 0. The summed E-state index contributed by atoms with van der Waals surface area (Å²) in [6, 6.07) is 0.386. The van der Waals surface area contributed by atoms with E-state index in [-0.39, 0.29) is 12.4 Å². The number of rotatable bonds is 3. The standard InChI is InChI=1S/C10H17N3.ClH/c1-7(2)5-13-6-8(4-12-13)9-3-10(9)11;/h4,6-7,9-10H,3,5,11H2,1-2H3;1H. The molecule has 1 aliphatic rings. The van der Waals surface area contributed by atoms with Gasteiger partial charge in [0.2, 0.25) is 0 Å². The smallest absolute Gasteiger partial charge is 0.0525 e. The zero-order valence-electron chi connectivity index (χ0n) is 8.68. The molecule has 0 amide bonds. The minimum Gasteiger partial charge on any atom is -0.327 e. The van der Waals surface area contributed by atoms with Gasteiger partial charge in [0.25, 0.3) is 0 Å². The molecule has 1 aromatic rings. The van der Waals surface area contributed by atoms with Crippen LogP contribution in [0.5, 0.6) is 0 Å². The molecule has 14 heavy (non-hydrogen) atoms. The Labute approximate surface area is 91.1 Å². The van der Waals surface area contributed by atoms with Gasteiger partial charge in [0.15, 0.2) is 0 Å². The zero-order chi connectivity index (χ0) is 9.42. The monoisotopic (exact) mass is 215 g/mol. The van der Waals surface area contributed by atoms with Crippen LogP contribution in [-0.4, -0.2) is 15.8 Å². The van der Waals surface area contributed by atoms with Crippen LogP contribution in [0.15, 0.2) is 12.4 Å². The van der Waals surface area contributed by atoms with Gasteiger partial charge >= 0.3 is 0 Å². The molecule has 0 radical (unpaired) electrons. The van der Waals surface area contributed by atoms with Crippen molar-refractivity contribution < 1.29 is 0 Å². The molecule has 80 valence electrons. The second-order valence-corrected chi connectivity index (χ2v) is 4.40. The van der Waals surface area contributed by atoms with Crippen molar-refractivity contribution in [3.8, 4) is 0 Å². The van der Waals surface area contributed by atoms with E-state index in [4.69, 9.17) is 5.73 Å². The molecule has 2 unspecified atom stereocenters. The normalized spacial score (nSPS) is 24.9. The quantitative estimate of drug-likeness (QED) is 0.836. The van der Waals surface area contributed by atoms with Crippen molar-refractivity contribution in [1.29, 1.82) is 0 Å². The lowest BCUT2D eigenvalue weighted by atomic mass is 10.2. The van der Waals surface area contributed by atoms with E-state index in [1.54, 1.807) is 0 Å². The van der Waals surface area contributed by atoms with Gasteiger partial charge in [-0.1, -0.05) is 13.8 Å². The molecule has 2 atom stereocenters. The Balaban J connectivity index is 0.000000980. The Bertz CT molecular complexity index is 295. The van der Waals surface area contributed by atoms with E-state index in [0.717, 1.165) is 13.0 Å². The molecule has 4 heteroatoms. The van der Waals surface area contributed by atoms with Gasteiger partial charge in [-0.15, -0.1) is 12.4 Å². The first-order valence-electron chi connectivity index (χ1n) is 4.94. The second-order valence-electron chi connectivity index (χ2n) is 4.40. The zero-order valence-corrected chi connectivity index (χ0v) is 9.50. The predicted octanol–water partition coefficient (Wildman–Crippen LogP) is 1.78. The van der Waals surface area contributed by atoms with E-state index in [1.807, 2.05) is 10.9 Å². The Morgan fingerprint density at radius 1 is 1.64 bits per heavy atom. The maximum absolute atomic E-state index is 5.77. The molecule has 0 saturated heterocycles. The van der Waals surface area contributed by atoms with Crippen LogP contribution in [0.2, 0.25) is 0 Å². The van der Waals surface area contributed by atoms with Crippen molar-refractivity contribution in [2.24, 2.45) is 11.7 Å². The fourth-order valence-electron chi connectivity index (χ4n) is 1.64. The van der Waals surface area contributed by atoms with E-state index in [2.05, 4.69) is 25.1 Å². The summed E-state index contributed by atoms with van der Waals surface area (Å²) in [7, 11) is 0. The molecule has 1 saturated carbocycles. The highest BCUT2D eigenvalue weighted by Crippen LogP contribution is 2.38. The summed E-state index contributed by atoms with van der Waals surface area (Å²) in [5, 5.41) is 4.31. The van der Waals surface area contributed by atoms with Crippen LogP contribution < -0.4 is 5.73 Å². The van der Waals surface area contributed by atoms with Gasteiger partial charge < -0.3 is 5.73 Å². The van der Waals surface area contributed by atoms with Gasteiger partial charge in [0.1, 0.15) is 0 Å². The molecule has 0 aliphatic heterocycles. The second kappa shape index (κ2) is 4.32. The van der Waals surface area contributed by atoms with Crippen molar-refractivity contribution >= 4 is 12.4 Å². The lowest BCUT2D eigenvalue weighted by Crippen LogP contribution is -2.04. The van der Waals surface area contributed by atoms with Crippen LogP contribution in [0.25, 0.3) is 0 Å². The summed E-state index contributed by atoms with van der Waals surface area (Å²) in [4.78, 5) is 0. The Morgan fingerprint density at radius 3 is 2.79 bits per heavy atom. The van der Waals surface area contributed by atoms with E-state index >= 15 is 0 Å². The van der Waals surface area contributed by atoms with Crippen LogP contribution in [0, 0.1) is 5.92 Å². The van der Waals surface area contributed by atoms with Crippen molar-refractivity contribution in [2.75, 3.05) is 0 Å². The summed E-state index contributed by atoms with van der Waals surface area (Å²) < 4.78 is 2.02. The molecular formula is C10H18ClN3. The summed E-state index contributed by atoms with van der Waals surface area (Å²) in [5.74, 6) is 1.24. The molecule has 1 fully saturated rings. The third-order valence-corrected chi connectivity index (χ3v) is 2.47. The number of nitrogens with zero attached hydrogens (tertiary/aromatic N) is 2. The Morgan fingerprint density at radius 2 is 2.29 bits per heavy atom. The maximum Gasteiger partial charge on any atom is 0.0525 e. The van der Waals surface area contributed by atoms with E-state index in [9.17, 15) is 0 Å². The van der Waals surface area contributed by atoms with Crippen molar-refractivity contribution in [2.45, 2.75) is 38.8 Å². The van der Waals surface area contributed by atoms with E-state index in [0.29, 0.717) is 17.9 Å². The summed E-state index contributed by atoms with van der Waals surface area (Å²) in [6.45, 7) is 5.40.